The Labute approximate surface area is 200 Å². The smallest absolute Gasteiger partial charge is 0.337 e. The second-order valence-corrected chi connectivity index (χ2v) is 9.32. The predicted molar refractivity (Wildman–Crippen MR) is 127 cm³/mol. The molecule has 0 radical (unpaired) electrons. The van der Waals surface area contributed by atoms with Crippen molar-refractivity contribution in [3.63, 3.8) is 0 Å². The largest absolute Gasteiger partial charge is 0.465 e. The summed E-state index contributed by atoms with van der Waals surface area (Å²) in [5.41, 5.74) is 1.92. The summed E-state index contributed by atoms with van der Waals surface area (Å²) in [6, 6.07) is 13.7. The molecule has 1 aliphatic heterocycles. The quantitative estimate of drug-likeness (QED) is 0.388. The number of carbonyl (C=O) groups excluding carboxylic acids is 4. The summed E-state index contributed by atoms with van der Waals surface area (Å²) in [5, 5.41) is 5.13. The van der Waals surface area contributed by atoms with E-state index in [0.29, 0.717) is 34.1 Å². The van der Waals surface area contributed by atoms with Gasteiger partial charge in [0.2, 0.25) is 0 Å². The number of amides is 3. The third-order valence-corrected chi connectivity index (χ3v) is 7.47. The van der Waals surface area contributed by atoms with Crippen molar-refractivity contribution in [1.29, 1.82) is 0 Å². The molecule has 0 unspecified atom stereocenters. The number of imide groups is 1. The van der Waals surface area contributed by atoms with E-state index in [2.05, 4.69) is 10.6 Å². The fourth-order valence-corrected chi connectivity index (χ4v) is 5.67. The van der Waals surface area contributed by atoms with Gasteiger partial charge >= 0.3 is 18.0 Å². The summed E-state index contributed by atoms with van der Waals surface area (Å²) >= 11 is 3.05. The molecule has 2 aromatic carbocycles. The van der Waals surface area contributed by atoms with Gasteiger partial charge < -0.3 is 14.8 Å². The van der Waals surface area contributed by atoms with Crippen molar-refractivity contribution in [3.8, 4) is 0 Å². The first-order valence-corrected chi connectivity index (χ1v) is 12.3. The lowest BCUT2D eigenvalue weighted by Crippen LogP contribution is -2.51. The Balaban J connectivity index is 1.56. The normalized spacial score (nSPS) is 14.4. The summed E-state index contributed by atoms with van der Waals surface area (Å²) < 4.78 is 9.40. The number of nitrogens with one attached hydrogen (secondary N) is 2. The monoisotopic (exact) mass is 488 g/mol. The molecule has 33 heavy (non-hydrogen) atoms. The minimum absolute atomic E-state index is 0.338. The van der Waals surface area contributed by atoms with Gasteiger partial charge in [-0.05, 0) is 35.4 Å². The Bertz CT molecular complexity index is 959. The zero-order valence-electron chi connectivity index (χ0n) is 18.2. The Morgan fingerprint density at radius 3 is 1.55 bits per heavy atom. The van der Waals surface area contributed by atoms with Gasteiger partial charge in [0.1, 0.15) is 5.54 Å². The average Bonchev–Trinajstić information content (AvgIpc) is 3.11. The molecule has 1 aliphatic rings. The lowest BCUT2D eigenvalue weighted by Gasteiger charge is -2.25. The molecule has 0 aromatic heterocycles. The summed E-state index contributed by atoms with van der Waals surface area (Å²) in [7, 11) is 2.67. The van der Waals surface area contributed by atoms with E-state index < -0.39 is 23.5 Å². The zero-order chi connectivity index (χ0) is 23.8. The van der Waals surface area contributed by atoms with Crippen molar-refractivity contribution in [1.82, 2.24) is 10.6 Å². The van der Waals surface area contributed by atoms with Crippen LogP contribution in [0.2, 0.25) is 0 Å². The number of benzene rings is 2. The second kappa shape index (κ2) is 11.2. The van der Waals surface area contributed by atoms with Crippen molar-refractivity contribution >= 4 is 47.4 Å². The predicted octanol–water partition coefficient (Wildman–Crippen LogP) is 3.00. The lowest BCUT2D eigenvalue weighted by molar-refractivity contribution is -0.122. The second-order valence-electron chi connectivity index (χ2n) is 7.35. The van der Waals surface area contributed by atoms with Crippen LogP contribution < -0.4 is 10.6 Å². The van der Waals surface area contributed by atoms with Crippen LogP contribution in [0.4, 0.5) is 4.79 Å². The van der Waals surface area contributed by atoms with E-state index in [1.165, 1.54) is 37.7 Å². The van der Waals surface area contributed by atoms with E-state index in [1.54, 1.807) is 24.3 Å². The van der Waals surface area contributed by atoms with Crippen LogP contribution in [-0.2, 0) is 25.8 Å². The molecular formula is C23H24N2O6S2. The van der Waals surface area contributed by atoms with Crippen LogP contribution in [0.15, 0.2) is 48.5 Å². The number of ether oxygens (including phenoxy) is 2. The average molecular weight is 489 g/mol. The minimum atomic E-state index is -1.01. The molecule has 2 N–H and O–H groups in total. The maximum Gasteiger partial charge on any atom is 0.337 e. The standard InChI is InChI=1S/C23H24N2O6S2/c1-30-19(26)17-7-3-15(4-8-17)11-32-13-23(21(28)24-22(29)25-23)14-33-12-16-5-9-18(10-6-16)20(27)31-2/h3-10H,11-14H2,1-2H3,(H2,24,25,28,29). The van der Waals surface area contributed by atoms with Gasteiger partial charge in [-0.2, -0.15) is 23.5 Å². The number of carbonyl (C=O) groups is 4. The number of rotatable bonds is 10. The van der Waals surface area contributed by atoms with Gasteiger partial charge in [0.05, 0.1) is 25.3 Å². The van der Waals surface area contributed by atoms with Gasteiger partial charge in [0.15, 0.2) is 0 Å². The summed E-state index contributed by atoms with van der Waals surface area (Å²) in [6.07, 6.45) is 0. The van der Waals surface area contributed by atoms with Crippen LogP contribution in [0.3, 0.4) is 0 Å². The number of thioether (sulfide) groups is 2. The third-order valence-electron chi connectivity index (χ3n) is 5.00. The number of urea groups is 1. The van der Waals surface area contributed by atoms with Gasteiger partial charge in [-0.15, -0.1) is 0 Å². The maximum atomic E-state index is 12.6. The summed E-state index contributed by atoms with van der Waals surface area (Å²) in [5.74, 6) is 0.910. The molecule has 2 aromatic rings. The molecule has 1 fully saturated rings. The Morgan fingerprint density at radius 1 is 0.788 bits per heavy atom. The maximum absolute atomic E-state index is 12.6. The molecule has 3 amide bonds. The molecular weight excluding hydrogens is 464 g/mol. The minimum Gasteiger partial charge on any atom is -0.465 e. The van der Waals surface area contributed by atoms with E-state index in [4.69, 9.17) is 9.47 Å². The topological polar surface area (TPSA) is 111 Å². The van der Waals surface area contributed by atoms with Gasteiger partial charge in [0.25, 0.3) is 5.91 Å². The van der Waals surface area contributed by atoms with Crippen LogP contribution in [0.1, 0.15) is 31.8 Å². The highest BCUT2D eigenvalue weighted by Crippen LogP contribution is 2.27. The van der Waals surface area contributed by atoms with Crippen LogP contribution in [0, 0.1) is 0 Å². The fraction of sp³-hybridized carbons (Fsp3) is 0.304. The molecule has 1 saturated heterocycles. The first-order chi connectivity index (χ1) is 15.9. The molecule has 0 spiro atoms. The summed E-state index contributed by atoms with van der Waals surface area (Å²) in [6.45, 7) is 0. The molecule has 174 valence electrons. The van der Waals surface area contributed by atoms with Crippen LogP contribution in [0.25, 0.3) is 0 Å². The SMILES string of the molecule is COC(=O)c1ccc(CSCC2(CSCc3ccc(C(=O)OC)cc3)NC(=O)NC2=O)cc1. The van der Waals surface area contributed by atoms with E-state index >= 15 is 0 Å². The molecule has 10 heteroatoms. The Kier molecular flexibility index (Phi) is 8.40. The number of methoxy groups -OCH3 is 2. The third kappa shape index (κ3) is 6.29. The van der Waals surface area contributed by atoms with Crippen LogP contribution in [-0.4, -0.2) is 55.1 Å². The highest BCUT2D eigenvalue weighted by molar-refractivity contribution is 7.99. The van der Waals surface area contributed by atoms with Gasteiger partial charge in [-0.25, -0.2) is 14.4 Å². The van der Waals surface area contributed by atoms with Gasteiger partial charge in [-0.3, -0.25) is 10.1 Å². The lowest BCUT2D eigenvalue weighted by atomic mass is 10.1. The van der Waals surface area contributed by atoms with Gasteiger partial charge in [-0.1, -0.05) is 24.3 Å². The summed E-state index contributed by atoms with van der Waals surface area (Å²) in [4.78, 5) is 47.5. The highest BCUT2D eigenvalue weighted by atomic mass is 32.2. The molecule has 0 bridgehead atoms. The Morgan fingerprint density at radius 2 is 1.21 bits per heavy atom. The molecule has 0 atom stereocenters. The van der Waals surface area contributed by atoms with Crippen LogP contribution >= 0.6 is 23.5 Å². The van der Waals surface area contributed by atoms with E-state index in [1.807, 2.05) is 24.3 Å². The molecule has 0 saturated carbocycles. The fourth-order valence-electron chi connectivity index (χ4n) is 3.17. The molecule has 0 aliphatic carbocycles. The number of hydrogen-bond donors (Lipinski definition) is 2. The zero-order valence-corrected chi connectivity index (χ0v) is 19.8. The molecule has 3 rings (SSSR count). The Hall–Kier alpha value is -2.98. The molecule has 8 nitrogen and oxygen atoms in total. The number of hydrogen-bond acceptors (Lipinski definition) is 8. The van der Waals surface area contributed by atoms with Crippen molar-refractivity contribution in [2.75, 3.05) is 25.7 Å². The van der Waals surface area contributed by atoms with E-state index in [-0.39, 0.29) is 5.91 Å². The first kappa shape index (κ1) is 24.7. The molecule has 1 heterocycles. The van der Waals surface area contributed by atoms with E-state index in [0.717, 1.165) is 11.1 Å². The van der Waals surface area contributed by atoms with Crippen molar-refractivity contribution in [3.05, 3.63) is 70.8 Å². The van der Waals surface area contributed by atoms with Crippen molar-refractivity contribution in [2.45, 2.75) is 17.0 Å². The van der Waals surface area contributed by atoms with Crippen molar-refractivity contribution < 1.29 is 28.7 Å². The van der Waals surface area contributed by atoms with Crippen LogP contribution in [0.5, 0.6) is 0 Å². The highest BCUT2D eigenvalue weighted by Gasteiger charge is 2.45. The van der Waals surface area contributed by atoms with Gasteiger partial charge in [0, 0.05) is 23.0 Å². The van der Waals surface area contributed by atoms with E-state index in [9.17, 15) is 19.2 Å². The first-order valence-electron chi connectivity index (χ1n) is 10.0. The number of esters is 2. The van der Waals surface area contributed by atoms with Crippen molar-refractivity contribution in [2.24, 2.45) is 0 Å².